The molecule has 5 nitrogen and oxygen atoms in total. The van der Waals surface area contributed by atoms with E-state index >= 15 is 0 Å². The van der Waals surface area contributed by atoms with Gasteiger partial charge in [-0.1, -0.05) is 23.2 Å². The molecule has 1 aromatic heterocycles. The molecule has 9 heteroatoms. The Hall–Kier alpha value is -1.33. The van der Waals surface area contributed by atoms with Crippen LogP contribution in [-0.2, 0) is 10.0 Å². The summed E-state index contributed by atoms with van der Waals surface area (Å²) in [5, 5.41) is 9.42. The maximum absolute atomic E-state index is 12.3. The van der Waals surface area contributed by atoms with Crippen LogP contribution in [0.1, 0.15) is 5.56 Å². The molecule has 0 saturated carbocycles. The van der Waals surface area contributed by atoms with Gasteiger partial charge in [0, 0.05) is 5.02 Å². The number of halogens is 3. The molecule has 0 atom stereocenters. The van der Waals surface area contributed by atoms with Crippen molar-refractivity contribution >= 4 is 54.8 Å². The van der Waals surface area contributed by atoms with Crippen LogP contribution < -0.4 is 4.72 Å². The van der Waals surface area contributed by atoms with E-state index in [0.29, 0.717) is 4.47 Å². The van der Waals surface area contributed by atoms with Gasteiger partial charge in [-0.05, 0) is 40.2 Å². The molecule has 108 valence electrons. The Labute approximate surface area is 139 Å². The minimum absolute atomic E-state index is 0.00658. The third kappa shape index (κ3) is 3.66. The van der Waals surface area contributed by atoms with Gasteiger partial charge in [0.2, 0.25) is 0 Å². The molecule has 0 radical (unpaired) electrons. The first kappa shape index (κ1) is 16.0. The highest BCUT2D eigenvalue weighted by atomic mass is 79.9. The second-order valence-electron chi connectivity index (χ2n) is 3.85. The summed E-state index contributed by atoms with van der Waals surface area (Å²) in [7, 11) is -3.97. The normalized spacial score (nSPS) is 11.0. The molecule has 1 heterocycles. The molecule has 1 aromatic carbocycles. The van der Waals surface area contributed by atoms with E-state index in [9.17, 15) is 8.42 Å². The van der Waals surface area contributed by atoms with Crippen LogP contribution in [0.25, 0.3) is 0 Å². The number of nitrogens with zero attached hydrogens (tertiary/aromatic N) is 2. The predicted molar refractivity (Wildman–Crippen MR) is 83.9 cm³/mol. The third-order valence-electron chi connectivity index (χ3n) is 2.40. The van der Waals surface area contributed by atoms with Crippen molar-refractivity contribution in [1.82, 2.24) is 4.98 Å². The fourth-order valence-electron chi connectivity index (χ4n) is 1.50. The van der Waals surface area contributed by atoms with E-state index in [-0.39, 0.29) is 26.3 Å². The van der Waals surface area contributed by atoms with Crippen LogP contribution in [0.3, 0.4) is 0 Å². The number of anilines is 1. The molecule has 2 aromatic rings. The maximum atomic E-state index is 12.3. The van der Waals surface area contributed by atoms with E-state index in [1.54, 1.807) is 0 Å². The Morgan fingerprint density at radius 3 is 2.62 bits per heavy atom. The maximum Gasteiger partial charge on any atom is 0.263 e. The molecule has 0 aliphatic rings. The Morgan fingerprint density at radius 2 is 2.00 bits per heavy atom. The molecule has 0 unspecified atom stereocenters. The molecule has 0 spiro atoms. The van der Waals surface area contributed by atoms with E-state index in [4.69, 9.17) is 28.5 Å². The number of sulfonamides is 1. The number of rotatable bonds is 3. The number of hydrogen-bond acceptors (Lipinski definition) is 4. The Kier molecular flexibility index (Phi) is 4.74. The molecule has 0 aliphatic heterocycles. The summed E-state index contributed by atoms with van der Waals surface area (Å²) >= 11 is 14.7. The van der Waals surface area contributed by atoms with E-state index in [1.165, 1.54) is 30.5 Å². The highest BCUT2D eigenvalue weighted by Crippen LogP contribution is 2.26. The molecule has 0 fully saturated rings. The van der Waals surface area contributed by atoms with Crippen LogP contribution in [0.2, 0.25) is 10.2 Å². The van der Waals surface area contributed by atoms with Gasteiger partial charge in [-0.2, -0.15) is 5.26 Å². The van der Waals surface area contributed by atoms with Crippen LogP contribution in [-0.4, -0.2) is 13.4 Å². The van der Waals surface area contributed by atoms with Gasteiger partial charge in [-0.15, -0.1) is 0 Å². The first-order chi connectivity index (χ1) is 9.83. The third-order valence-corrected chi connectivity index (χ3v) is 5.19. The highest BCUT2D eigenvalue weighted by Gasteiger charge is 2.20. The smallest absolute Gasteiger partial charge is 0.263 e. The lowest BCUT2D eigenvalue weighted by atomic mass is 10.2. The van der Waals surface area contributed by atoms with Crippen LogP contribution in [0, 0.1) is 11.3 Å². The number of benzene rings is 1. The molecule has 0 bridgehead atoms. The van der Waals surface area contributed by atoms with Gasteiger partial charge in [0.15, 0.2) is 0 Å². The summed E-state index contributed by atoms with van der Waals surface area (Å²) in [5.41, 5.74) is 0.197. The first-order valence-corrected chi connectivity index (χ1v) is 8.40. The van der Waals surface area contributed by atoms with Gasteiger partial charge in [0.25, 0.3) is 10.0 Å². The zero-order chi connectivity index (χ0) is 15.6. The molecular formula is C12H6BrCl2N3O2S. The lowest BCUT2D eigenvalue weighted by Crippen LogP contribution is -2.14. The molecule has 0 amide bonds. The summed E-state index contributed by atoms with van der Waals surface area (Å²) < 4.78 is 27.4. The molecule has 2 rings (SSSR count). The zero-order valence-corrected chi connectivity index (χ0v) is 14.1. The number of hydrogen-bond donors (Lipinski definition) is 1. The van der Waals surface area contributed by atoms with E-state index in [0.717, 1.165) is 0 Å². The van der Waals surface area contributed by atoms with Crippen molar-refractivity contribution in [3.63, 3.8) is 0 Å². The highest BCUT2D eigenvalue weighted by molar-refractivity contribution is 9.10. The number of aromatic nitrogens is 1. The molecule has 1 N–H and O–H groups in total. The number of nitrogens with one attached hydrogen (secondary N) is 1. The van der Waals surface area contributed by atoms with Gasteiger partial charge in [-0.3, -0.25) is 4.72 Å². The van der Waals surface area contributed by atoms with Gasteiger partial charge in [-0.25, -0.2) is 13.4 Å². The first-order valence-electron chi connectivity index (χ1n) is 5.37. The SMILES string of the molecule is N#Cc1ccc(Cl)cc1S(=O)(=O)Nc1cnc(Cl)c(Br)c1. The summed E-state index contributed by atoms with van der Waals surface area (Å²) in [5.74, 6) is 0. The van der Waals surface area contributed by atoms with E-state index in [1.807, 2.05) is 6.07 Å². The second-order valence-corrected chi connectivity index (χ2v) is 7.15. The number of nitriles is 1. The van der Waals surface area contributed by atoms with Crippen molar-refractivity contribution in [3.8, 4) is 6.07 Å². The Balaban J connectivity index is 2.46. The van der Waals surface area contributed by atoms with Crippen LogP contribution >= 0.6 is 39.1 Å². The predicted octanol–water partition coefficient (Wildman–Crippen LogP) is 3.82. The van der Waals surface area contributed by atoms with Gasteiger partial charge in [0.1, 0.15) is 16.1 Å². The van der Waals surface area contributed by atoms with E-state index in [2.05, 4.69) is 25.6 Å². The van der Waals surface area contributed by atoms with Crippen molar-refractivity contribution in [2.45, 2.75) is 4.90 Å². The lowest BCUT2D eigenvalue weighted by Gasteiger charge is -2.10. The Morgan fingerprint density at radius 1 is 1.29 bits per heavy atom. The molecule has 21 heavy (non-hydrogen) atoms. The summed E-state index contributed by atoms with van der Waals surface area (Å²) in [6, 6.07) is 7.27. The fraction of sp³-hybridized carbons (Fsp3) is 0. The lowest BCUT2D eigenvalue weighted by molar-refractivity contribution is 0.601. The summed E-state index contributed by atoms with van der Waals surface area (Å²) in [6.45, 7) is 0. The van der Waals surface area contributed by atoms with Crippen LogP contribution in [0.15, 0.2) is 39.8 Å². The van der Waals surface area contributed by atoms with Gasteiger partial charge >= 0.3 is 0 Å². The zero-order valence-electron chi connectivity index (χ0n) is 10.1. The van der Waals surface area contributed by atoms with Crippen molar-refractivity contribution in [3.05, 3.63) is 50.7 Å². The van der Waals surface area contributed by atoms with Gasteiger partial charge < -0.3 is 0 Å². The van der Waals surface area contributed by atoms with E-state index < -0.39 is 10.0 Å². The Bertz CT molecular complexity index is 850. The van der Waals surface area contributed by atoms with Gasteiger partial charge in [0.05, 0.1) is 21.9 Å². The largest absolute Gasteiger partial charge is 0.278 e. The monoisotopic (exact) mass is 405 g/mol. The van der Waals surface area contributed by atoms with Crippen molar-refractivity contribution < 1.29 is 8.42 Å². The number of pyridine rings is 1. The van der Waals surface area contributed by atoms with Crippen LogP contribution in [0.5, 0.6) is 0 Å². The molecule has 0 saturated heterocycles. The van der Waals surface area contributed by atoms with Crippen molar-refractivity contribution in [2.24, 2.45) is 0 Å². The fourth-order valence-corrected chi connectivity index (χ4v) is 3.40. The topological polar surface area (TPSA) is 82.8 Å². The average Bonchev–Trinajstić information content (AvgIpc) is 2.42. The minimum atomic E-state index is -3.97. The second kappa shape index (κ2) is 6.20. The van der Waals surface area contributed by atoms with Crippen molar-refractivity contribution in [2.75, 3.05) is 4.72 Å². The van der Waals surface area contributed by atoms with Crippen molar-refractivity contribution in [1.29, 1.82) is 5.26 Å². The summed E-state index contributed by atoms with van der Waals surface area (Å²) in [6.07, 6.45) is 1.27. The minimum Gasteiger partial charge on any atom is -0.278 e. The average molecular weight is 407 g/mol. The molecular weight excluding hydrogens is 401 g/mol. The summed E-state index contributed by atoms with van der Waals surface area (Å²) in [4.78, 5) is 3.61. The standard InChI is InChI=1S/C12H6BrCl2N3O2S/c13-10-4-9(6-17-12(10)15)18-21(19,20)11-3-8(14)2-1-7(11)5-16/h1-4,6,18H. The molecule has 0 aliphatic carbocycles. The van der Waals surface area contributed by atoms with Crippen LogP contribution in [0.4, 0.5) is 5.69 Å². The quantitative estimate of drug-likeness (QED) is 0.785.